The molecule has 5 nitrogen and oxygen atoms in total. The molecule has 1 aliphatic rings. The van der Waals surface area contributed by atoms with E-state index in [0.29, 0.717) is 18.0 Å². The molecular formula is C22H28F3N3O2. The zero-order valence-electron chi connectivity index (χ0n) is 17.4. The lowest BCUT2D eigenvalue weighted by atomic mass is 9.98. The van der Waals surface area contributed by atoms with Crippen LogP contribution in [0.2, 0.25) is 0 Å². The number of para-hydroxylation sites is 2. The fourth-order valence-electron chi connectivity index (χ4n) is 3.50. The summed E-state index contributed by atoms with van der Waals surface area (Å²) in [6.45, 7) is 2.35. The van der Waals surface area contributed by atoms with Gasteiger partial charge in [-0.15, -0.1) is 0 Å². The van der Waals surface area contributed by atoms with Gasteiger partial charge in [0.1, 0.15) is 11.3 Å². The summed E-state index contributed by atoms with van der Waals surface area (Å²) in [5.74, 6) is 0.288. The van der Waals surface area contributed by atoms with Gasteiger partial charge in [0.05, 0.1) is 18.4 Å². The Morgan fingerprint density at radius 3 is 2.57 bits per heavy atom. The first-order valence-electron chi connectivity index (χ1n) is 10.5. The fourth-order valence-corrected chi connectivity index (χ4v) is 3.50. The number of anilines is 2. The van der Waals surface area contributed by atoms with Gasteiger partial charge >= 0.3 is 12.2 Å². The van der Waals surface area contributed by atoms with Crippen LogP contribution in [0.15, 0.2) is 30.5 Å². The van der Waals surface area contributed by atoms with Gasteiger partial charge in [0, 0.05) is 13.2 Å². The highest BCUT2D eigenvalue weighted by Crippen LogP contribution is 2.40. The quantitative estimate of drug-likeness (QED) is 0.476. The Balaban J connectivity index is 1.92. The molecule has 0 bridgehead atoms. The second-order valence-corrected chi connectivity index (χ2v) is 7.49. The Labute approximate surface area is 175 Å². The third-order valence-corrected chi connectivity index (χ3v) is 5.17. The van der Waals surface area contributed by atoms with Crippen LogP contribution < -0.4 is 14.4 Å². The molecule has 8 heteroatoms. The smallest absolute Gasteiger partial charge is 0.421 e. The maximum Gasteiger partial charge on any atom is 0.421 e. The van der Waals surface area contributed by atoms with Crippen LogP contribution in [-0.4, -0.2) is 29.7 Å². The average molecular weight is 423 g/mol. The lowest BCUT2D eigenvalue weighted by Crippen LogP contribution is -2.23. The zero-order chi connectivity index (χ0) is 21.6. The maximum atomic E-state index is 13.7. The molecule has 0 N–H and O–H groups in total. The summed E-state index contributed by atoms with van der Waals surface area (Å²) in [4.78, 5) is 9.25. The SMILES string of the molecule is CCCCOc1ncc(C(F)(F)F)c(N(C)c2ccccc2OC2CCCCC2)n1. The van der Waals surface area contributed by atoms with Gasteiger partial charge in [0.2, 0.25) is 0 Å². The molecule has 0 unspecified atom stereocenters. The van der Waals surface area contributed by atoms with Crippen LogP contribution in [0.4, 0.5) is 24.7 Å². The topological polar surface area (TPSA) is 47.5 Å². The van der Waals surface area contributed by atoms with E-state index in [9.17, 15) is 13.2 Å². The van der Waals surface area contributed by atoms with Crippen molar-refractivity contribution in [3.63, 3.8) is 0 Å². The van der Waals surface area contributed by atoms with E-state index in [4.69, 9.17) is 9.47 Å². The van der Waals surface area contributed by atoms with Crippen LogP contribution in [0.3, 0.4) is 0 Å². The monoisotopic (exact) mass is 423 g/mol. The summed E-state index contributed by atoms with van der Waals surface area (Å²) in [5, 5.41) is 0. The van der Waals surface area contributed by atoms with E-state index in [1.807, 2.05) is 13.0 Å². The van der Waals surface area contributed by atoms with Crippen LogP contribution in [-0.2, 0) is 6.18 Å². The molecule has 1 fully saturated rings. The molecule has 1 aliphatic carbocycles. The Hall–Kier alpha value is -2.51. The van der Waals surface area contributed by atoms with Gasteiger partial charge in [-0.05, 0) is 44.2 Å². The first-order valence-corrected chi connectivity index (χ1v) is 10.5. The second kappa shape index (κ2) is 10.00. The first-order chi connectivity index (χ1) is 14.4. The molecule has 1 heterocycles. The number of halogens is 3. The van der Waals surface area contributed by atoms with E-state index >= 15 is 0 Å². The Bertz CT molecular complexity index is 824. The van der Waals surface area contributed by atoms with E-state index < -0.39 is 11.7 Å². The molecule has 3 rings (SSSR count). The summed E-state index contributed by atoms with van der Waals surface area (Å²) < 4.78 is 52.6. The van der Waals surface area contributed by atoms with Crippen LogP contribution >= 0.6 is 0 Å². The predicted octanol–water partition coefficient (Wildman–Crippen LogP) is 6.15. The molecule has 0 radical (unpaired) electrons. The van der Waals surface area contributed by atoms with Gasteiger partial charge in [-0.1, -0.05) is 31.9 Å². The van der Waals surface area contributed by atoms with Crippen molar-refractivity contribution in [2.75, 3.05) is 18.6 Å². The zero-order valence-corrected chi connectivity index (χ0v) is 17.4. The third-order valence-electron chi connectivity index (χ3n) is 5.17. The number of hydrogen-bond donors (Lipinski definition) is 0. The lowest BCUT2D eigenvalue weighted by molar-refractivity contribution is -0.137. The molecule has 1 aromatic carbocycles. The minimum absolute atomic E-state index is 0.0658. The molecule has 30 heavy (non-hydrogen) atoms. The summed E-state index contributed by atoms with van der Waals surface area (Å²) in [7, 11) is 1.55. The predicted molar refractivity (Wildman–Crippen MR) is 109 cm³/mol. The maximum absolute atomic E-state index is 13.7. The number of ether oxygens (including phenoxy) is 2. The standard InChI is InChI=1S/C22H28F3N3O2/c1-3-4-14-29-21-26-15-17(22(23,24)25)20(27-21)28(2)18-12-8-9-13-19(18)30-16-10-6-5-7-11-16/h8-9,12-13,15-16H,3-7,10-11,14H2,1-2H3. The van der Waals surface area contributed by atoms with Gasteiger partial charge < -0.3 is 14.4 Å². The van der Waals surface area contributed by atoms with Gasteiger partial charge in [-0.3, -0.25) is 0 Å². The Kier molecular flexibility index (Phi) is 7.39. The average Bonchev–Trinajstić information content (AvgIpc) is 2.74. The fraction of sp³-hybridized carbons (Fsp3) is 0.545. The molecule has 0 saturated heterocycles. The highest BCUT2D eigenvalue weighted by Gasteiger charge is 2.37. The molecular weight excluding hydrogens is 395 g/mol. The van der Waals surface area contributed by atoms with Gasteiger partial charge in [-0.25, -0.2) is 4.98 Å². The van der Waals surface area contributed by atoms with Gasteiger partial charge in [-0.2, -0.15) is 18.2 Å². The highest BCUT2D eigenvalue weighted by atomic mass is 19.4. The van der Waals surface area contributed by atoms with Crippen molar-refractivity contribution in [3.8, 4) is 11.8 Å². The lowest BCUT2D eigenvalue weighted by Gasteiger charge is -2.28. The van der Waals surface area contributed by atoms with E-state index in [1.165, 1.54) is 11.3 Å². The van der Waals surface area contributed by atoms with E-state index in [1.54, 1.807) is 25.2 Å². The third kappa shape index (κ3) is 5.55. The van der Waals surface area contributed by atoms with Crippen molar-refractivity contribution >= 4 is 11.5 Å². The summed E-state index contributed by atoms with van der Waals surface area (Å²) in [5.41, 5.74) is -0.396. The van der Waals surface area contributed by atoms with Crippen LogP contribution in [0.25, 0.3) is 0 Å². The molecule has 0 atom stereocenters. The normalized spacial score (nSPS) is 15.1. The largest absolute Gasteiger partial charge is 0.488 e. The van der Waals surface area contributed by atoms with Gasteiger partial charge in [0.15, 0.2) is 5.82 Å². The van der Waals surface area contributed by atoms with E-state index in [2.05, 4.69) is 9.97 Å². The minimum Gasteiger partial charge on any atom is -0.488 e. The van der Waals surface area contributed by atoms with Crippen molar-refractivity contribution in [1.82, 2.24) is 9.97 Å². The molecule has 1 aromatic heterocycles. The number of rotatable bonds is 8. The van der Waals surface area contributed by atoms with E-state index in [-0.39, 0.29) is 17.9 Å². The van der Waals surface area contributed by atoms with Crippen LogP contribution in [0, 0.1) is 0 Å². The Morgan fingerprint density at radius 2 is 1.87 bits per heavy atom. The molecule has 164 valence electrons. The van der Waals surface area contributed by atoms with Crippen molar-refractivity contribution in [2.24, 2.45) is 0 Å². The Morgan fingerprint density at radius 1 is 1.13 bits per heavy atom. The van der Waals surface area contributed by atoms with Crippen molar-refractivity contribution < 1.29 is 22.6 Å². The van der Waals surface area contributed by atoms with Gasteiger partial charge in [0.25, 0.3) is 0 Å². The molecule has 0 spiro atoms. The number of hydrogen-bond acceptors (Lipinski definition) is 5. The van der Waals surface area contributed by atoms with Crippen molar-refractivity contribution in [1.29, 1.82) is 0 Å². The minimum atomic E-state index is -4.59. The van der Waals surface area contributed by atoms with Crippen molar-refractivity contribution in [3.05, 3.63) is 36.0 Å². The van der Waals surface area contributed by atoms with Crippen molar-refractivity contribution in [2.45, 2.75) is 64.1 Å². The first kappa shape index (κ1) is 22.2. The second-order valence-electron chi connectivity index (χ2n) is 7.49. The molecule has 0 amide bonds. The van der Waals surface area contributed by atoms with Crippen LogP contribution in [0.5, 0.6) is 11.8 Å². The number of benzene rings is 1. The summed E-state index contributed by atoms with van der Waals surface area (Å²) >= 11 is 0. The molecule has 0 aliphatic heterocycles. The van der Waals surface area contributed by atoms with E-state index in [0.717, 1.165) is 44.7 Å². The summed E-state index contributed by atoms with van der Waals surface area (Å²) in [6, 6.07) is 7.04. The molecule has 1 saturated carbocycles. The number of unbranched alkanes of at least 4 members (excludes halogenated alkanes) is 1. The molecule has 2 aromatic rings. The highest BCUT2D eigenvalue weighted by molar-refractivity contribution is 5.68. The number of alkyl halides is 3. The number of nitrogens with zero attached hydrogens (tertiary/aromatic N) is 3. The summed E-state index contributed by atoms with van der Waals surface area (Å²) in [6.07, 6.45) is 3.24. The van der Waals surface area contributed by atoms with Crippen LogP contribution in [0.1, 0.15) is 57.4 Å². The number of aromatic nitrogens is 2.